The van der Waals surface area contributed by atoms with Crippen molar-refractivity contribution in [3.05, 3.63) is 54.5 Å². The number of hydrogen-bond acceptors (Lipinski definition) is 2. The smallest absolute Gasteiger partial charge is 0.352 e. The van der Waals surface area contributed by atoms with Crippen LogP contribution >= 0.6 is 0 Å². The normalized spacial score (nSPS) is 10.5. The Morgan fingerprint density at radius 2 is 1.95 bits per heavy atom. The van der Waals surface area contributed by atoms with E-state index in [0.717, 1.165) is 22.4 Å². The number of H-pyrrole nitrogens is 2. The van der Waals surface area contributed by atoms with Crippen molar-refractivity contribution in [3.8, 4) is 22.4 Å². The topological polar surface area (TPSA) is 81.8 Å². The molecule has 19 heavy (non-hydrogen) atoms. The molecule has 3 aromatic rings. The van der Waals surface area contributed by atoms with E-state index >= 15 is 0 Å². The molecule has 94 valence electrons. The number of nitrogens with one attached hydrogen (secondary N) is 2. The number of rotatable bonds is 3. The van der Waals surface area contributed by atoms with Gasteiger partial charge < -0.3 is 10.1 Å². The van der Waals surface area contributed by atoms with Crippen LogP contribution in [0.25, 0.3) is 22.4 Å². The highest BCUT2D eigenvalue weighted by molar-refractivity contribution is 5.89. The number of aromatic nitrogens is 3. The maximum Gasteiger partial charge on any atom is 0.352 e. The first kappa shape index (κ1) is 11.3. The molecule has 0 atom stereocenters. The van der Waals surface area contributed by atoms with Crippen LogP contribution in [0.3, 0.4) is 0 Å². The Bertz CT molecular complexity index is 713. The molecule has 2 heterocycles. The molecule has 0 saturated heterocycles. The van der Waals surface area contributed by atoms with Crippen LogP contribution < -0.4 is 0 Å². The molecule has 0 aliphatic carbocycles. The quantitative estimate of drug-likeness (QED) is 0.671. The van der Waals surface area contributed by atoms with Gasteiger partial charge in [0.2, 0.25) is 0 Å². The molecule has 0 spiro atoms. The Balaban J connectivity index is 2.07. The molecule has 0 aliphatic heterocycles. The third kappa shape index (κ3) is 2.01. The SMILES string of the molecule is O=C(O)c1cc(-c2[nH]ncc2-c2ccccc2)c[nH]1. The summed E-state index contributed by atoms with van der Waals surface area (Å²) in [6, 6.07) is 11.4. The van der Waals surface area contributed by atoms with E-state index in [2.05, 4.69) is 15.2 Å². The predicted octanol–water partition coefficient (Wildman–Crippen LogP) is 2.77. The lowest BCUT2D eigenvalue weighted by molar-refractivity contribution is 0.0691. The number of carboxylic acids is 1. The van der Waals surface area contributed by atoms with Crippen molar-refractivity contribution in [1.82, 2.24) is 15.2 Å². The Morgan fingerprint density at radius 3 is 2.63 bits per heavy atom. The summed E-state index contributed by atoms with van der Waals surface area (Å²) < 4.78 is 0. The van der Waals surface area contributed by atoms with Crippen LogP contribution in [0, 0.1) is 0 Å². The standard InChI is InChI=1S/C14H11N3O2/c18-14(19)12-6-10(7-15-12)13-11(8-16-17-13)9-4-2-1-3-5-9/h1-8,15H,(H,16,17)(H,18,19). The van der Waals surface area contributed by atoms with Crippen molar-refractivity contribution in [2.24, 2.45) is 0 Å². The van der Waals surface area contributed by atoms with E-state index in [9.17, 15) is 4.79 Å². The predicted molar refractivity (Wildman–Crippen MR) is 70.8 cm³/mol. The Morgan fingerprint density at radius 1 is 1.16 bits per heavy atom. The molecule has 3 N–H and O–H groups in total. The number of aromatic amines is 2. The first-order chi connectivity index (χ1) is 9.25. The van der Waals surface area contributed by atoms with Crippen molar-refractivity contribution < 1.29 is 9.90 Å². The molecule has 5 nitrogen and oxygen atoms in total. The third-order valence-corrected chi connectivity index (χ3v) is 2.93. The number of carboxylic acid groups (broad SMARTS) is 1. The van der Waals surface area contributed by atoms with Crippen LogP contribution in [0.1, 0.15) is 10.5 Å². The molecular weight excluding hydrogens is 242 g/mol. The lowest BCUT2D eigenvalue weighted by Gasteiger charge is -2.00. The molecule has 0 bridgehead atoms. The summed E-state index contributed by atoms with van der Waals surface area (Å²) in [5.41, 5.74) is 3.70. The van der Waals surface area contributed by atoms with E-state index in [1.165, 1.54) is 0 Å². The van der Waals surface area contributed by atoms with Crippen LogP contribution in [0.15, 0.2) is 48.8 Å². The minimum absolute atomic E-state index is 0.156. The summed E-state index contributed by atoms with van der Waals surface area (Å²) in [4.78, 5) is 13.6. The number of benzene rings is 1. The summed E-state index contributed by atoms with van der Waals surface area (Å²) in [6.07, 6.45) is 3.39. The number of hydrogen-bond donors (Lipinski definition) is 3. The van der Waals surface area contributed by atoms with Gasteiger partial charge in [0, 0.05) is 17.3 Å². The average molecular weight is 253 g/mol. The van der Waals surface area contributed by atoms with Gasteiger partial charge in [0.1, 0.15) is 5.69 Å². The van der Waals surface area contributed by atoms with Crippen LogP contribution in [0.4, 0.5) is 0 Å². The molecule has 5 heteroatoms. The van der Waals surface area contributed by atoms with Gasteiger partial charge in [-0.3, -0.25) is 5.10 Å². The van der Waals surface area contributed by atoms with Gasteiger partial charge in [-0.2, -0.15) is 5.10 Å². The van der Waals surface area contributed by atoms with Gasteiger partial charge in [-0.1, -0.05) is 30.3 Å². The van der Waals surface area contributed by atoms with E-state index in [1.54, 1.807) is 18.5 Å². The second-order valence-corrected chi connectivity index (χ2v) is 4.13. The molecule has 0 amide bonds. The molecule has 0 radical (unpaired) electrons. The van der Waals surface area contributed by atoms with Crippen molar-refractivity contribution in [1.29, 1.82) is 0 Å². The zero-order valence-corrected chi connectivity index (χ0v) is 9.92. The van der Waals surface area contributed by atoms with Crippen LogP contribution in [-0.2, 0) is 0 Å². The zero-order chi connectivity index (χ0) is 13.2. The largest absolute Gasteiger partial charge is 0.477 e. The second kappa shape index (κ2) is 4.45. The van der Waals surface area contributed by atoms with Gasteiger partial charge in [-0.05, 0) is 11.6 Å². The summed E-state index contributed by atoms with van der Waals surface area (Å²) in [5.74, 6) is -0.980. The van der Waals surface area contributed by atoms with Crippen molar-refractivity contribution in [3.63, 3.8) is 0 Å². The minimum Gasteiger partial charge on any atom is -0.477 e. The maximum atomic E-state index is 10.9. The fourth-order valence-corrected chi connectivity index (χ4v) is 2.00. The van der Waals surface area contributed by atoms with Crippen LogP contribution in [0.5, 0.6) is 0 Å². The molecule has 0 saturated carbocycles. The number of carbonyl (C=O) groups is 1. The number of aromatic carboxylic acids is 1. The monoisotopic (exact) mass is 253 g/mol. The maximum absolute atomic E-state index is 10.9. The van der Waals surface area contributed by atoms with Crippen molar-refractivity contribution in [2.75, 3.05) is 0 Å². The Hall–Kier alpha value is -2.82. The second-order valence-electron chi connectivity index (χ2n) is 4.13. The van der Waals surface area contributed by atoms with Gasteiger partial charge in [0.25, 0.3) is 0 Å². The van der Waals surface area contributed by atoms with Gasteiger partial charge in [-0.25, -0.2) is 4.79 Å². The number of nitrogens with zero attached hydrogens (tertiary/aromatic N) is 1. The van der Waals surface area contributed by atoms with Crippen LogP contribution in [-0.4, -0.2) is 26.3 Å². The van der Waals surface area contributed by atoms with Gasteiger partial charge in [0.05, 0.1) is 11.9 Å². The molecule has 2 aromatic heterocycles. The Kier molecular flexibility index (Phi) is 2.64. The van der Waals surface area contributed by atoms with Gasteiger partial charge >= 0.3 is 5.97 Å². The van der Waals surface area contributed by atoms with E-state index in [4.69, 9.17) is 5.11 Å². The van der Waals surface area contributed by atoms with Crippen molar-refractivity contribution >= 4 is 5.97 Å². The highest BCUT2D eigenvalue weighted by Gasteiger charge is 2.13. The average Bonchev–Trinajstić information content (AvgIpc) is 3.08. The van der Waals surface area contributed by atoms with Gasteiger partial charge in [-0.15, -0.1) is 0 Å². The summed E-state index contributed by atoms with van der Waals surface area (Å²) >= 11 is 0. The first-order valence-electron chi connectivity index (χ1n) is 5.76. The summed E-state index contributed by atoms with van der Waals surface area (Å²) in [6.45, 7) is 0. The summed E-state index contributed by atoms with van der Waals surface area (Å²) in [7, 11) is 0. The van der Waals surface area contributed by atoms with Gasteiger partial charge in [0.15, 0.2) is 0 Å². The van der Waals surface area contributed by atoms with E-state index in [1.807, 2.05) is 30.3 Å². The third-order valence-electron chi connectivity index (χ3n) is 2.93. The lowest BCUT2D eigenvalue weighted by Crippen LogP contribution is -1.94. The molecule has 0 aliphatic rings. The zero-order valence-electron chi connectivity index (χ0n) is 9.92. The molecule has 0 fully saturated rings. The highest BCUT2D eigenvalue weighted by Crippen LogP contribution is 2.30. The molecule has 3 rings (SSSR count). The lowest BCUT2D eigenvalue weighted by atomic mass is 10.0. The van der Waals surface area contributed by atoms with E-state index < -0.39 is 5.97 Å². The van der Waals surface area contributed by atoms with Crippen LogP contribution in [0.2, 0.25) is 0 Å². The fraction of sp³-hybridized carbons (Fsp3) is 0. The first-order valence-corrected chi connectivity index (χ1v) is 5.76. The minimum atomic E-state index is -0.980. The fourth-order valence-electron chi connectivity index (χ4n) is 2.00. The molecular formula is C14H11N3O2. The van der Waals surface area contributed by atoms with E-state index in [-0.39, 0.29) is 5.69 Å². The summed E-state index contributed by atoms with van der Waals surface area (Å²) in [5, 5.41) is 15.9. The highest BCUT2D eigenvalue weighted by atomic mass is 16.4. The van der Waals surface area contributed by atoms with E-state index in [0.29, 0.717) is 0 Å². The van der Waals surface area contributed by atoms with Crippen molar-refractivity contribution in [2.45, 2.75) is 0 Å². The Labute approximate surface area is 108 Å². The molecule has 0 unspecified atom stereocenters. The molecule has 1 aromatic carbocycles.